The minimum Gasteiger partial charge on any atom is -0.271 e. The van der Waals surface area contributed by atoms with E-state index in [1.807, 2.05) is 50.2 Å². The molecule has 27 heavy (non-hydrogen) atoms. The predicted molar refractivity (Wildman–Crippen MR) is 102 cm³/mol. The van der Waals surface area contributed by atoms with Crippen molar-refractivity contribution in [2.45, 2.75) is 45.2 Å². The van der Waals surface area contributed by atoms with E-state index in [4.69, 9.17) is 0 Å². The molecule has 1 fully saturated rings. The van der Waals surface area contributed by atoms with E-state index in [9.17, 15) is 9.59 Å². The number of amides is 2. The highest BCUT2D eigenvalue weighted by molar-refractivity contribution is 6.26. The topological polar surface area (TPSA) is 65.3 Å². The van der Waals surface area contributed by atoms with Crippen LogP contribution in [0.5, 0.6) is 0 Å². The molecule has 0 bridgehead atoms. The fourth-order valence-corrected chi connectivity index (χ4v) is 4.19. The lowest BCUT2D eigenvalue weighted by Gasteiger charge is -2.21. The molecule has 2 heterocycles. The molecule has 1 aliphatic carbocycles. The van der Waals surface area contributed by atoms with E-state index in [0.29, 0.717) is 5.69 Å². The Morgan fingerprint density at radius 2 is 1.67 bits per heavy atom. The largest absolute Gasteiger partial charge is 0.271 e. The quantitative estimate of drug-likeness (QED) is 0.772. The molecule has 0 aromatic heterocycles. The number of nitrogens with zero attached hydrogens (tertiary/aromatic N) is 4. The average molecular weight is 360 g/mol. The molecule has 2 aromatic carbocycles. The first kappa shape index (κ1) is 16.2. The van der Waals surface area contributed by atoms with Crippen molar-refractivity contribution >= 4 is 23.2 Å². The van der Waals surface area contributed by atoms with Gasteiger partial charge >= 0.3 is 0 Å². The van der Waals surface area contributed by atoms with Crippen LogP contribution in [0, 0.1) is 13.8 Å². The van der Waals surface area contributed by atoms with Crippen LogP contribution >= 0.6 is 0 Å². The average Bonchev–Trinajstić information content (AvgIpc) is 3.34. The Bertz CT molecular complexity index is 1010. The van der Waals surface area contributed by atoms with Crippen LogP contribution in [0.1, 0.15) is 28.7 Å². The van der Waals surface area contributed by atoms with E-state index in [1.165, 1.54) is 21.6 Å². The van der Waals surface area contributed by atoms with E-state index in [0.717, 1.165) is 30.5 Å². The number of carbonyl (C=O) groups excluding carboxylic acids is 2. The van der Waals surface area contributed by atoms with Gasteiger partial charge in [-0.15, -0.1) is 0 Å². The molecule has 3 aliphatic rings. The number of imide groups is 1. The predicted octanol–water partition coefficient (Wildman–Crippen LogP) is 3.29. The van der Waals surface area contributed by atoms with Crippen molar-refractivity contribution in [3.63, 3.8) is 0 Å². The van der Waals surface area contributed by atoms with Crippen LogP contribution in [0.15, 0.2) is 46.7 Å². The van der Waals surface area contributed by atoms with Crippen LogP contribution in [0.2, 0.25) is 0 Å². The molecule has 6 nitrogen and oxygen atoms in total. The van der Waals surface area contributed by atoms with Gasteiger partial charge in [0.2, 0.25) is 0 Å². The fraction of sp³-hybridized carbons (Fsp3) is 0.333. The maximum absolute atomic E-state index is 13.2. The second-order valence-electron chi connectivity index (χ2n) is 7.53. The Morgan fingerprint density at radius 1 is 0.889 bits per heavy atom. The van der Waals surface area contributed by atoms with Crippen molar-refractivity contribution in [1.29, 1.82) is 0 Å². The van der Waals surface area contributed by atoms with E-state index in [1.54, 1.807) is 5.01 Å². The third kappa shape index (κ3) is 2.32. The smallest absolute Gasteiger partial charge is 0.263 e. The molecule has 2 amide bonds. The number of hydrogen-bond donors (Lipinski definition) is 0. The molecule has 2 atom stereocenters. The van der Waals surface area contributed by atoms with Gasteiger partial charge in [0, 0.05) is 0 Å². The molecule has 0 saturated carbocycles. The maximum Gasteiger partial charge on any atom is 0.263 e. The van der Waals surface area contributed by atoms with Gasteiger partial charge in [-0.05, 0) is 79.6 Å². The first-order valence-electron chi connectivity index (χ1n) is 9.31. The van der Waals surface area contributed by atoms with E-state index >= 15 is 0 Å². The van der Waals surface area contributed by atoms with Crippen molar-refractivity contribution in [1.82, 2.24) is 0 Å². The zero-order valence-electron chi connectivity index (χ0n) is 15.3. The van der Waals surface area contributed by atoms with Crippen LogP contribution in [0.4, 0.5) is 11.4 Å². The summed E-state index contributed by atoms with van der Waals surface area (Å²) >= 11 is 0. The maximum atomic E-state index is 13.2. The Hall–Kier alpha value is -3.02. The number of hydrogen-bond acceptors (Lipinski definition) is 5. The lowest BCUT2D eigenvalue weighted by Crippen LogP contribution is -2.40. The fourth-order valence-electron chi connectivity index (χ4n) is 4.19. The van der Waals surface area contributed by atoms with E-state index in [2.05, 4.69) is 10.3 Å². The Kier molecular flexibility index (Phi) is 3.44. The molecule has 0 spiro atoms. The number of aryl methyl sites for hydroxylation is 4. The summed E-state index contributed by atoms with van der Waals surface area (Å²) in [5, 5.41) is 9.85. The highest BCUT2D eigenvalue weighted by Gasteiger charge is 2.55. The second kappa shape index (κ2) is 5.74. The van der Waals surface area contributed by atoms with E-state index in [-0.39, 0.29) is 11.8 Å². The zero-order chi connectivity index (χ0) is 18.7. The molecule has 2 aromatic rings. The Morgan fingerprint density at radius 3 is 2.48 bits per heavy atom. The van der Waals surface area contributed by atoms with Gasteiger partial charge in [-0.3, -0.25) is 9.59 Å². The SMILES string of the molecule is Cc1ccc(N2N=N[C@@H]3C(=O)N(c4ccc5c(c4)CCC5)C(=O)[C@H]32)cc1C. The molecule has 0 N–H and O–H groups in total. The molecular formula is C21H20N4O2. The number of benzene rings is 2. The first-order valence-corrected chi connectivity index (χ1v) is 9.31. The van der Waals surface area contributed by atoms with Gasteiger partial charge in [0.1, 0.15) is 0 Å². The lowest BCUT2D eigenvalue weighted by molar-refractivity contribution is -0.121. The second-order valence-corrected chi connectivity index (χ2v) is 7.53. The third-order valence-electron chi connectivity index (χ3n) is 5.88. The summed E-state index contributed by atoms with van der Waals surface area (Å²) in [5.41, 5.74) is 6.26. The van der Waals surface area contributed by atoms with Crippen molar-refractivity contribution < 1.29 is 9.59 Å². The van der Waals surface area contributed by atoms with E-state index < -0.39 is 12.1 Å². The Balaban J connectivity index is 1.50. The number of rotatable bonds is 2. The van der Waals surface area contributed by atoms with Crippen LogP contribution in [-0.2, 0) is 22.4 Å². The minimum absolute atomic E-state index is 0.258. The molecule has 136 valence electrons. The molecular weight excluding hydrogens is 340 g/mol. The van der Waals surface area contributed by atoms with Gasteiger partial charge < -0.3 is 0 Å². The van der Waals surface area contributed by atoms with Crippen LogP contribution in [0.3, 0.4) is 0 Å². The van der Waals surface area contributed by atoms with Crippen molar-refractivity contribution in [3.05, 3.63) is 58.7 Å². The molecule has 1 saturated heterocycles. The standard InChI is InChI=1S/C21H20N4O2/c1-12-6-8-17(10-13(12)2)25-19-18(22-23-25)20(26)24(21(19)27)16-9-7-14-4-3-5-15(14)11-16/h6-11,18-19H,3-5H2,1-2H3/t18-,19-/m0/s1. The van der Waals surface area contributed by atoms with Gasteiger partial charge in [-0.25, -0.2) is 9.91 Å². The molecule has 0 radical (unpaired) electrons. The normalized spacial score (nSPS) is 23.3. The van der Waals surface area contributed by atoms with Crippen LogP contribution in [0.25, 0.3) is 0 Å². The third-order valence-corrected chi connectivity index (χ3v) is 5.88. The molecule has 6 heteroatoms. The Labute approximate surface area is 157 Å². The van der Waals surface area contributed by atoms with Crippen molar-refractivity contribution in [2.75, 3.05) is 9.91 Å². The highest BCUT2D eigenvalue weighted by atomic mass is 16.2. The van der Waals surface area contributed by atoms with Gasteiger partial charge in [-0.1, -0.05) is 17.4 Å². The summed E-state index contributed by atoms with van der Waals surface area (Å²) in [7, 11) is 0. The van der Waals surface area contributed by atoms with Crippen LogP contribution in [-0.4, -0.2) is 23.9 Å². The number of fused-ring (bicyclic) bond motifs is 2. The zero-order valence-corrected chi connectivity index (χ0v) is 15.3. The monoisotopic (exact) mass is 360 g/mol. The molecule has 0 unspecified atom stereocenters. The van der Waals surface area contributed by atoms with Gasteiger partial charge in [0.25, 0.3) is 11.8 Å². The summed E-state index contributed by atoms with van der Waals surface area (Å²) < 4.78 is 0. The summed E-state index contributed by atoms with van der Waals surface area (Å²) in [6.45, 7) is 4.05. The highest BCUT2D eigenvalue weighted by Crippen LogP contribution is 2.36. The van der Waals surface area contributed by atoms with Gasteiger partial charge in [0.05, 0.1) is 11.4 Å². The van der Waals surface area contributed by atoms with Crippen LogP contribution < -0.4 is 9.91 Å². The van der Waals surface area contributed by atoms with Gasteiger partial charge in [0.15, 0.2) is 12.1 Å². The molecule has 5 rings (SSSR count). The van der Waals surface area contributed by atoms with Crippen molar-refractivity contribution in [2.24, 2.45) is 10.3 Å². The number of anilines is 2. The first-order chi connectivity index (χ1) is 13.0. The number of carbonyl (C=O) groups is 2. The minimum atomic E-state index is -0.771. The molecule has 2 aliphatic heterocycles. The van der Waals surface area contributed by atoms with Gasteiger partial charge in [-0.2, -0.15) is 5.11 Å². The summed E-state index contributed by atoms with van der Waals surface area (Å²) in [4.78, 5) is 27.4. The summed E-state index contributed by atoms with van der Waals surface area (Å²) in [5.74, 6) is -0.552. The van der Waals surface area contributed by atoms with Crippen molar-refractivity contribution in [3.8, 4) is 0 Å². The lowest BCUT2D eigenvalue weighted by atomic mass is 10.1. The summed E-state index contributed by atoms with van der Waals surface area (Å²) in [6.07, 6.45) is 3.19. The summed E-state index contributed by atoms with van der Waals surface area (Å²) in [6, 6.07) is 10.3.